The van der Waals surface area contributed by atoms with Gasteiger partial charge < -0.3 is 22.9 Å². The van der Waals surface area contributed by atoms with Crippen molar-refractivity contribution in [3.8, 4) is 0 Å². The van der Waals surface area contributed by atoms with Crippen LogP contribution in [0.25, 0.3) is 10.4 Å². The number of hydrogen-bond acceptors (Lipinski definition) is 3. The Morgan fingerprint density at radius 1 is 1.44 bits per heavy atom. The quantitative estimate of drug-likeness (QED) is 0.281. The zero-order chi connectivity index (χ0) is 12.5. The third kappa shape index (κ3) is 6.10. The second-order valence-electron chi connectivity index (χ2n) is 3.53. The van der Waals surface area contributed by atoms with Crippen LogP contribution in [0, 0.1) is 0 Å². The molecule has 0 aromatic heterocycles. The highest BCUT2D eigenvalue weighted by molar-refractivity contribution is 5.73. The summed E-state index contributed by atoms with van der Waals surface area (Å²) in [5.74, 6) is -0.373. The van der Waals surface area contributed by atoms with Gasteiger partial charge in [0.25, 0.3) is 0 Å². The van der Waals surface area contributed by atoms with Crippen LogP contribution < -0.4 is 18.1 Å². The van der Waals surface area contributed by atoms with Gasteiger partial charge >= 0.3 is 5.97 Å². The number of ether oxygens (including phenoxy) is 1. The molecule has 18 heavy (non-hydrogen) atoms. The topological polar surface area (TPSA) is 103 Å². The van der Waals surface area contributed by atoms with Gasteiger partial charge in [0.2, 0.25) is 0 Å². The highest BCUT2D eigenvalue weighted by atomic mass is 35.5. The Morgan fingerprint density at radius 3 is 2.72 bits per heavy atom. The number of quaternary nitrogens is 1. The Morgan fingerprint density at radius 2 is 2.11 bits per heavy atom. The number of rotatable bonds is 6. The minimum absolute atomic E-state index is 0. The number of esters is 1. The van der Waals surface area contributed by atoms with Crippen molar-refractivity contribution >= 4 is 5.97 Å². The summed E-state index contributed by atoms with van der Waals surface area (Å²) >= 11 is 0. The lowest BCUT2D eigenvalue weighted by molar-refractivity contribution is -0.409. The average Bonchev–Trinajstić information content (AvgIpc) is 2.37. The van der Waals surface area contributed by atoms with Gasteiger partial charge in [-0.05, 0) is 11.1 Å². The van der Waals surface area contributed by atoms with Crippen LogP contribution in [0.3, 0.4) is 0 Å². The first-order chi connectivity index (χ1) is 8.24. The van der Waals surface area contributed by atoms with Crippen molar-refractivity contribution in [2.75, 3.05) is 6.54 Å². The van der Waals surface area contributed by atoms with Gasteiger partial charge in [-0.2, -0.15) is 0 Å². The van der Waals surface area contributed by atoms with E-state index in [1.54, 1.807) is 0 Å². The third-order valence-corrected chi connectivity index (χ3v) is 2.20. The highest BCUT2D eigenvalue weighted by Crippen LogP contribution is 2.02. The fourth-order valence-corrected chi connectivity index (χ4v) is 1.22. The lowest BCUT2D eigenvalue weighted by Crippen LogP contribution is -3.00. The number of carbonyl (C=O) groups is 1. The van der Waals surface area contributed by atoms with E-state index >= 15 is 0 Å². The molecule has 7 heteroatoms. The van der Waals surface area contributed by atoms with E-state index in [1.807, 2.05) is 30.3 Å². The van der Waals surface area contributed by atoms with Crippen LogP contribution in [0.5, 0.6) is 0 Å². The number of halogens is 1. The Bertz CT molecular complexity index is 407. The second-order valence-corrected chi connectivity index (χ2v) is 3.53. The third-order valence-electron chi connectivity index (χ3n) is 2.20. The molecule has 1 atom stereocenters. The summed E-state index contributed by atoms with van der Waals surface area (Å²) in [6.07, 6.45) is 0.400. The van der Waals surface area contributed by atoms with Crippen molar-refractivity contribution in [2.24, 2.45) is 5.11 Å². The minimum Gasteiger partial charge on any atom is -1.00 e. The maximum absolute atomic E-state index is 11.5. The number of nitrogens with zero attached hydrogens (tertiary/aromatic N) is 3. The molecule has 0 unspecified atom stereocenters. The zero-order valence-corrected chi connectivity index (χ0v) is 10.6. The van der Waals surface area contributed by atoms with E-state index in [2.05, 4.69) is 15.8 Å². The summed E-state index contributed by atoms with van der Waals surface area (Å²) in [4.78, 5) is 14.1. The van der Waals surface area contributed by atoms with E-state index in [4.69, 9.17) is 10.3 Å². The highest BCUT2D eigenvalue weighted by Gasteiger charge is 2.17. The molecule has 1 rings (SSSR count). The van der Waals surface area contributed by atoms with Crippen LogP contribution in [-0.4, -0.2) is 18.6 Å². The molecule has 0 aliphatic heterocycles. The second kappa shape index (κ2) is 9.30. The Labute approximate surface area is 111 Å². The van der Waals surface area contributed by atoms with Crippen molar-refractivity contribution in [2.45, 2.75) is 19.1 Å². The average molecular weight is 271 g/mol. The van der Waals surface area contributed by atoms with Crippen molar-refractivity contribution in [1.82, 2.24) is 0 Å². The SMILES string of the molecule is [Cl-].[N-]=[N+]=NCC[C@H]([NH3+])C(=O)OCc1ccccc1. The summed E-state index contributed by atoms with van der Waals surface area (Å²) in [7, 11) is 0. The zero-order valence-electron chi connectivity index (χ0n) is 9.83. The summed E-state index contributed by atoms with van der Waals surface area (Å²) in [6, 6.07) is 8.93. The van der Waals surface area contributed by atoms with Crippen LogP contribution in [0.1, 0.15) is 12.0 Å². The number of azide groups is 1. The van der Waals surface area contributed by atoms with Gasteiger partial charge in [0.05, 0.1) is 0 Å². The van der Waals surface area contributed by atoms with Gasteiger partial charge in [-0.25, -0.2) is 4.79 Å². The minimum atomic E-state index is -0.496. The molecule has 0 bridgehead atoms. The molecule has 0 aliphatic rings. The summed E-state index contributed by atoms with van der Waals surface area (Å²) in [5, 5.41) is 3.35. The van der Waals surface area contributed by atoms with Gasteiger partial charge in [-0.3, -0.25) is 0 Å². The van der Waals surface area contributed by atoms with Crippen molar-refractivity contribution in [1.29, 1.82) is 0 Å². The van der Waals surface area contributed by atoms with Gasteiger partial charge in [-0.1, -0.05) is 35.4 Å². The summed E-state index contributed by atoms with van der Waals surface area (Å²) < 4.78 is 5.08. The summed E-state index contributed by atoms with van der Waals surface area (Å²) in [5.41, 5.74) is 12.7. The number of hydrogen-bond donors (Lipinski definition) is 1. The standard InChI is InChI=1S/C11H14N4O2.ClH/c12-10(6-7-14-15-13)11(16)17-8-9-4-2-1-3-5-9;/h1-5,10H,6-8,12H2;1H/t10-;/m0./s1. The van der Waals surface area contributed by atoms with Crippen molar-refractivity contribution in [3.05, 3.63) is 46.3 Å². The van der Waals surface area contributed by atoms with E-state index in [1.165, 1.54) is 0 Å². The maximum atomic E-state index is 11.5. The first-order valence-electron chi connectivity index (χ1n) is 5.28. The van der Waals surface area contributed by atoms with Gasteiger partial charge in [0.15, 0.2) is 6.04 Å². The molecule has 1 aromatic carbocycles. The predicted octanol–water partition coefficient (Wildman–Crippen LogP) is -1.96. The van der Waals surface area contributed by atoms with E-state index in [9.17, 15) is 4.79 Å². The fourth-order valence-electron chi connectivity index (χ4n) is 1.22. The largest absolute Gasteiger partial charge is 1.00 e. The molecule has 6 nitrogen and oxygen atoms in total. The molecule has 98 valence electrons. The summed E-state index contributed by atoms with van der Waals surface area (Å²) in [6.45, 7) is 0.498. The number of carbonyl (C=O) groups excluding carboxylic acids is 1. The lowest BCUT2D eigenvalue weighted by atomic mass is 10.2. The fraction of sp³-hybridized carbons (Fsp3) is 0.364. The van der Waals surface area contributed by atoms with Crippen LogP contribution in [0.2, 0.25) is 0 Å². The molecule has 1 aromatic rings. The van der Waals surface area contributed by atoms with E-state index in [-0.39, 0.29) is 31.5 Å². The van der Waals surface area contributed by atoms with Crippen LogP contribution in [-0.2, 0) is 16.1 Å². The van der Waals surface area contributed by atoms with Crippen LogP contribution in [0.4, 0.5) is 0 Å². The molecular formula is C11H15ClN4O2. The van der Waals surface area contributed by atoms with E-state index in [0.717, 1.165) is 5.56 Å². The first-order valence-corrected chi connectivity index (χ1v) is 5.28. The molecule has 0 spiro atoms. The molecular weight excluding hydrogens is 256 g/mol. The van der Waals surface area contributed by atoms with Gasteiger partial charge in [-0.15, -0.1) is 0 Å². The van der Waals surface area contributed by atoms with Gasteiger partial charge in [0, 0.05) is 17.9 Å². The molecule has 0 heterocycles. The van der Waals surface area contributed by atoms with E-state index in [0.29, 0.717) is 6.42 Å². The Balaban J connectivity index is 0.00000289. The van der Waals surface area contributed by atoms with Crippen molar-refractivity contribution < 1.29 is 27.7 Å². The normalized spacial score (nSPS) is 10.7. The molecule has 0 radical (unpaired) electrons. The Hall–Kier alpha value is -1.75. The monoisotopic (exact) mass is 270 g/mol. The molecule has 0 saturated heterocycles. The maximum Gasteiger partial charge on any atom is 0.365 e. The van der Waals surface area contributed by atoms with Crippen molar-refractivity contribution in [3.63, 3.8) is 0 Å². The molecule has 0 aliphatic carbocycles. The van der Waals surface area contributed by atoms with Gasteiger partial charge in [0.1, 0.15) is 6.61 Å². The molecule has 0 fully saturated rings. The molecule has 3 N–H and O–H groups in total. The Kier molecular flexibility index (Phi) is 8.39. The molecule has 0 saturated carbocycles. The van der Waals surface area contributed by atoms with Crippen LogP contribution in [0.15, 0.2) is 35.4 Å². The number of benzene rings is 1. The predicted molar refractivity (Wildman–Crippen MR) is 61.5 cm³/mol. The first kappa shape index (κ1) is 16.2. The van der Waals surface area contributed by atoms with E-state index < -0.39 is 6.04 Å². The molecule has 0 amide bonds. The smallest absolute Gasteiger partial charge is 0.365 e. The lowest BCUT2D eigenvalue weighted by Gasteiger charge is -2.07. The van der Waals surface area contributed by atoms with Crippen LogP contribution >= 0.6 is 0 Å².